The van der Waals surface area contributed by atoms with Crippen molar-refractivity contribution >= 4 is 46.2 Å². The van der Waals surface area contributed by atoms with Crippen molar-refractivity contribution in [1.29, 1.82) is 0 Å². The number of anilines is 1. The Bertz CT molecular complexity index is 794. The van der Waals surface area contributed by atoms with Gasteiger partial charge in [-0.05, 0) is 64.6 Å². The minimum absolute atomic E-state index is 0.0203. The van der Waals surface area contributed by atoms with Gasteiger partial charge in [0.1, 0.15) is 5.75 Å². The first kappa shape index (κ1) is 19.8. The van der Waals surface area contributed by atoms with Crippen LogP contribution in [0.3, 0.4) is 0 Å². The summed E-state index contributed by atoms with van der Waals surface area (Å²) in [5.74, 6) is -1.13. The van der Waals surface area contributed by atoms with Crippen molar-refractivity contribution in [2.45, 2.75) is 6.61 Å². The van der Waals surface area contributed by atoms with Gasteiger partial charge in [-0.2, -0.15) is 8.78 Å². The van der Waals surface area contributed by atoms with Gasteiger partial charge in [-0.3, -0.25) is 4.79 Å². The predicted molar refractivity (Wildman–Crippen MR) is 101 cm³/mol. The molecule has 0 heterocycles. The summed E-state index contributed by atoms with van der Waals surface area (Å²) in [6, 6.07) is 12.9. The molecule has 136 valence electrons. The van der Waals surface area contributed by atoms with Crippen LogP contribution in [0.2, 0.25) is 0 Å². The second-order valence-corrected chi connectivity index (χ2v) is 6.19. The highest BCUT2D eigenvalue weighted by molar-refractivity contribution is 14.1. The van der Waals surface area contributed by atoms with E-state index in [0.29, 0.717) is 11.3 Å². The van der Waals surface area contributed by atoms with Gasteiger partial charge < -0.3 is 14.8 Å². The third-order valence-corrected chi connectivity index (χ3v) is 3.64. The van der Waals surface area contributed by atoms with Crippen LogP contribution in [-0.4, -0.2) is 25.1 Å². The summed E-state index contributed by atoms with van der Waals surface area (Å²) in [5, 5.41) is 2.61. The highest BCUT2D eigenvalue weighted by atomic mass is 127. The zero-order valence-corrected chi connectivity index (χ0v) is 15.5. The standard InChI is InChI=1S/C18H14F2INO4/c19-18(20)26-15-7-4-12(5-8-15)6-9-17(24)25-11-16(23)22-14-3-1-2-13(21)10-14/h1-10,18H,11H2,(H,22,23). The molecule has 1 amide bonds. The van der Waals surface area contributed by atoms with Crippen molar-refractivity contribution in [3.63, 3.8) is 0 Å². The number of benzene rings is 2. The molecule has 0 saturated carbocycles. The number of hydrogen-bond acceptors (Lipinski definition) is 4. The molecule has 2 aromatic carbocycles. The van der Waals surface area contributed by atoms with E-state index in [1.165, 1.54) is 30.3 Å². The molecule has 0 unspecified atom stereocenters. The van der Waals surface area contributed by atoms with Gasteiger partial charge in [0.15, 0.2) is 6.61 Å². The first-order chi connectivity index (χ1) is 12.4. The van der Waals surface area contributed by atoms with Crippen molar-refractivity contribution in [3.05, 3.63) is 63.7 Å². The average molecular weight is 473 g/mol. The van der Waals surface area contributed by atoms with E-state index in [2.05, 4.69) is 32.6 Å². The summed E-state index contributed by atoms with van der Waals surface area (Å²) < 4.78 is 34.1. The Labute approximate surface area is 162 Å². The Balaban J connectivity index is 1.78. The quantitative estimate of drug-likeness (QED) is 0.374. The van der Waals surface area contributed by atoms with E-state index in [-0.39, 0.29) is 5.75 Å². The number of carbonyl (C=O) groups excluding carboxylic acids is 2. The zero-order chi connectivity index (χ0) is 18.9. The SMILES string of the molecule is O=C(COC(=O)C=Cc1ccc(OC(F)F)cc1)Nc1cccc(I)c1. The van der Waals surface area contributed by atoms with Gasteiger partial charge in [0.2, 0.25) is 0 Å². The van der Waals surface area contributed by atoms with Gasteiger partial charge in [0.05, 0.1) is 0 Å². The average Bonchev–Trinajstić information content (AvgIpc) is 2.59. The van der Waals surface area contributed by atoms with Crippen LogP contribution in [0.4, 0.5) is 14.5 Å². The van der Waals surface area contributed by atoms with E-state index in [9.17, 15) is 18.4 Å². The molecule has 2 aromatic rings. The van der Waals surface area contributed by atoms with Crippen molar-refractivity contribution in [2.75, 3.05) is 11.9 Å². The van der Waals surface area contributed by atoms with E-state index >= 15 is 0 Å². The fourth-order valence-corrected chi connectivity index (χ4v) is 2.42. The number of esters is 1. The van der Waals surface area contributed by atoms with Gasteiger partial charge >= 0.3 is 12.6 Å². The third kappa shape index (κ3) is 7.18. The Kier molecular flexibility index (Phi) is 7.52. The van der Waals surface area contributed by atoms with Crippen LogP contribution in [0.1, 0.15) is 5.56 Å². The highest BCUT2D eigenvalue weighted by Crippen LogP contribution is 2.15. The predicted octanol–water partition coefficient (Wildman–Crippen LogP) is 4.09. The Hall–Kier alpha value is -2.49. The Morgan fingerprint density at radius 1 is 1.15 bits per heavy atom. The maximum absolute atomic E-state index is 12.1. The molecule has 1 N–H and O–H groups in total. The molecule has 0 aliphatic rings. The maximum Gasteiger partial charge on any atom is 0.387 e. The van der Waals surface area contributed by atoms with Crippen LogP contribution in [0.15, 0.2) is 54.6 Å². The van der Waals surface area contributed by atoms with Crippen LogP contribution < -0.4 is 10.1 Å². The van der Waals surface area contributed by atoms with Crippen LogP contribution >= 0.6 is 22.6 Å². The van der Waals surface area contributed by atoms with Gasteiger partial charge in [-0.25, -0.2) is 4.79 Å². The van der Waals surface area contributed by atoms with E-state index in [0.717, 1.165) is 9.65 Å². The van der Waals surface area contributed by atoms with E-state index in [4.69, 9.17) is 4.74 Å². The number of carbonyl (C=O) groups is 2. The Morgan fingerprint density at radius 3 is 2.54 bits per heavy atom. The summed E-state index contributed by atoms with van der Waals surface area (Å²) in [6.07, 6.45) is 2.58. The number of ether oxygens (including phenoxy) is 2. The molecule has 0 aliphatic heterocycles. The normalized spacial score (nSPS) is 10.8. The number of halogens is 3. The lowest BCUT2D eigenvalue weighted by atomic mass is 10.2. The van der Waals surface area contributed by atoms with E-state index in [1.807, 2.05) is 6.07 Å². The minimum atomic E-state index is -2.89. The summed E-state index contributed by atoms with van der Waals surface area (Å²) in [6.45, 7) is -3.31. The number of nitrogens with one attached hydrogen (secondary N) is 1. The number of rotatable bonds is 7. The molecular weight excluding hydrogens is 459 g/mol. The molecule has 2 rings (SSSR count). The summed E-state index contributed by atoms with van der Waals surface area (Å²) in [4.78, 5) is 23.4. The second kappa shape index (κ2) is 9.85. The van der Waals surface area contributed by atoms with Crippen molar-refractivity contribution < 1.29 is 27.8 Å². The summed E-state index contributed by atoms with van der Waals surface area (Å²) in [5.41, 5.74) is 1.20. The minimum Gasteiger partial charge on any atom is -0.452 e. The largest absolute Gasteiger partial charge is 0.452 e. The van der Waals surface area contributed by atoms with Crippen molar-refractivity contribution in [2.24, 2.45) is 0 Å². The van der Waals surface area contributed by atoms with Crippen LogP contribution in [0.25, 0.3) is 6.08 Å². The number of amides is 1. The molecule has 0 aliphatic carbocycles. The molecule has 0 spiro atoms. The fraction of sp³-hybridized carbons (Fsp3) is 0.111. The molecule has 0 saturated heterocycles. The molecule has 8 heteroatoms. The number of alkyl halides is 2. The molecule has 0 fully saturated rings. The summed E-state index contributed by atoms with van der Waals surface area (Å²) in [7, 11) is 0. The van der Waals surface area contributed by atoms with Crippen LogP contribution in [-0.2, 0) is 14.3 Å². The monoisotopic (exact) mass is 473 g/mol. The van der Waals surface area contributed by atoms with Crippen LogP contribution in [0, 0.1) is 3.57 Å². The lowest BCUT2D eigenvalue weighted by Gasteiger charge is -2.05. The molecule has 0 atom stereocenters. The topological polar surface area (TPSA) is 64.6 Å². The second-order valence-electron chi connectivity index (χ2n) is 4.95. The van der Waals surface area contributed by atoms with Crippen molar-refractivity contribution in [1.82, 2.24) is 0 Å². The molecule has 0 aromatic heterocycles. The van der Waals surface area contributed by atoms with Gasteiger partial charge in [0, 0.05) is 15.3 Å². The fourth-order valence-electron chi connectivity index (χ4n) is 1.87. The van der Waals surface area contributed by atoms with Gasteiger partial charge in [-0.1, -0.05) is 18.2 Å². The van der Waals surface area contributed by atoms with Crippen LogP contribution in [0.5, 0.6) is 5.75 Å². The maximum atomic E-state index is 12.1. The van der Waals surface area contributed by atoms with Gasteiger partial charge in [0.25, 0.3) is 5.91 Å². The zero-order valence-electron chi connectivity index (χ0n) is 13.3. The summed E-state index contributed by atoms with van der Waals surface area (Å²) >= 11 is 2.12. The van der Waals surface area contributed by atoms with Crippen molar-refractivity contribution in [3.8, 4) is 5.75 Å². The van der Waals surface area contributed by atoms with E-state index in [1.54, 1.807) is 18.2 Å². The third-order valence-electron chi connectivity index (χ3n) is 2.97. The smallest absolute Gasteiger partial charge is 0.387 e. The van der Waals surface area contributed by atoms with E-state index < -0.39 is 25.1 Å². The lowest BCUT2D eigenvalue weighted by molar-refractivity contribution is -0.142. The first-order valence-electron chi connectivity index (χ1n) is 7.37. The number of hydrogen-bond donors (Lipinski definition) is 1. The molecule has 5 nitrogen and oxygen atoms in total. The molecular formula is C18H14F2INO4. The Morgan fingerprint density at radius 2 is 1.88 bits per heavy atom. The lowest BCUT2D eigenvalue weighted by Crippen LogP contribution is -2.20. The van der Waals surface area contributed by atoms with Gasteiger partial charge in [-0.15, -0.1) is 0 Å². The molecule has 0 radical (unpaired) electrons. The molecule has 26 heavy (non-hydrogen) atoms. The molecule has 0 bridgehead atoms. The highest BCUT2D eigenvalue weighted by Gasteiger charge is 2.06. The first-order valence-corrected chi connectivity index (χ1v) is 8.45.